The summed E-state index contributed by atoms with van der Waals surface area (Å²) in [6.45, 7) is 0. The van der Waals surface area contributed by atoms with Gasteiger partial charge >= 0.3 is 0 Å². The van der Waals surface area contributed by atoms with Crippen molar-refractivity contribution < 1.29 is 4.92 Å². The first-order valence-corrected chi connectivity index (χ1v) is 6.45. The molecule has 0 saturated carbocycles. The van der Waals surface area contributed by atoms with Crippen LogP contribution < -0.4 is 5.32 Å². The number of non-ortho nitro benzene ring substituents is 1. The molecule has 3 aromatic rings. The zero-order valence-corrected chi connectivity index (χ0v) is 11.4. The summed E-state index contributed by atoms with van der Waals surface area (Å²) in [5.41, 5.74) is 2.09. The van der Waals surface area contributed by atoms with Gasteiger partial charge in [0, 0.05) is 17.8 Å². The monoisotopic (exact) mass is 300 g/mol. The van der Waals surface area contributed by atoms with E-state index >= 15 is 0 Å². The minimum Gasteiger partial charge on any atom is -0.338 e. The van der Waals surface area contributed by atoms with Gasteiger partial charge in [-0.2, -0.15) is 0 Å². The highest BCUT2D eigenvalue weighted by molar-refractivity contribution is 6.32. The Morgan fingerprint density at radius 2 is 1.62 bits per heavy atom. The number of nitrogens with zero attached hydrogens (tertiary/aromatic N) is 3. The highest BCUT2D eigenvalue weighted by atomic mass is 35.5. The van der Waals surface area contributed by atoms with Crippen LogP contribution in [-0.2, 0) is 0 Å². The number of halogens is 1. The maximum Gasteiger partial charge on any atom is 0.269 e. The first-order chi connectivity index (χ1) is 10.1. The van der Waals surface area contributed by atoms with Crippen LogP contribution in [0.25, 0.3) is 11.0 Å². The number of hydrogen-bond acceptors (Lipinski definition) is 5. The Balaban J connectivity index is 1.93. The van der Waals surface area contributed by atoms with Gasteiger partial charge in [-0.1, -0.05) is 23.7 Å². The second-order valence-electron chi connectivity index (χ2n) is 4.28. The second-order valence-corrected chi connectivity index (χ2v) is 4.64. The predicted molar refractivity (Wildman–Crippen MR) is 80.9 cm³/mol. The van der Waals surface area contributed by atoms with E-state index in [0.29, 0.717) is 22.5 Å². The Bertz CT molecular complexity index is 821. The van der Waals surface area contributed by atoms with E-state index < -0.39 is 4.92 Å². The third-order valence-corrected chi connectivity index (χ3v) is 3.13. The molecule has 0 saturated heterocycles. The number of nitrogens with one attached hydrogen (secondary N) is 1. The lowest BCUT2D eigenvalue weighted by Gasteiger charge is -2.08. The molecule has 1 heterocycles. The minimum absolute atomic E-state index is 0.0243. The third-order valence-electron chi connectivity index (χ3n) is 2.87. The SMILES string of the molecule is O=[N+]([O-])c1ccc(Nc2nc3ccccc3nc2Cl)cc1. The average Bonchev–Trinajstić information content (AvgIpc) is 2.48. The smallest absolute Gasteiger partial charge is 0.269 e. The normalized spacial score (nSPS) is 10.5. The fourth-order valence-electron chi connectivity index (χ4n) is 1.86. The van der Waals surface area contributed by atoms with Crippen LogP contribution in [-0.4, -0.2) is 14.9 Å². The van der Waals surface area contributed by atoms with E-state index in [1.165, 1.54) is 12.1 Å². The fourth-order valence-corrected chi connectivity index (χ4v) is 2.04. The molecule has 0 radical (unpaired) electrons. The van der Waals surface area contributed by atoms with Gasteiger partial charge in [-0.05, 0) is 24.3 Å². The first-order valence-electron chi connectivity index (χ1n) is 6.07. The molecule has 0 bridgehead atoms. The summed E-state index contributed by atoms with van der Waals surface area (Å²) in [5.74, 6) is 0.407. The molecule has 0 atom stereocenters. The van der Waals surface area contributed by atoms with Crippen LogP contribution in [0.15, 0.2) is 48.5 Å². The summed E-state index contributed by atoms with van der Waals surface area (Å²) >= 11 is 6.09. The largest absolute Gasteiger partial charge is 0.338 e. The Morgan fingerprint density at radius 1 is 1.00 bits per heavy atom. The molecule has 1 aromatic heterocycles. The Labute approximate surface area is 124 Å². The number of fused-ring (bicyclic) bond motifs is 1. The van der Waals surface area contributed by atoms with Gasteiger partial charge in [0.15, 0.2) is 11.0 Å². The number of anilines is 2. The van der Waals surface area contributed by atoms with Crippen molar-refractivity contribution in [1.29, 1.82) is 0 Å². The Morgan fingerprint density at radius 3 is 2.24 bits per heavy atom. The number of aromatic nitrogens is 2. The summed E-state index contributed by atoms with van der Waals surface area (Å²) in [5, 5.41) is 13.9. The van der Waals surface area contributed by atoms with Crippen molar-refractivity contribution in [2.75, 3.05) is 5.32 Å². The van der Waals surface area contributed by atoms with Crippen LogP contribution >= 0.6 is 11.6 Å². The average molecular weight is 301 g/mol. The molecular formula is C14H9ClN4O2. The van der Waals surface area contributed by atoms with Crippen molar-refractivity contribution in [2.45, 2.75) is 0 Å². The van der Waals surface area contributed by atoms with Crippen LogP contribution in [0.4, 0.5) is 17.2 Å². The zero-order chi connectivity index (χ0) is 14.8. The molecule has 2 aromatic carbocycles. The fraction of sp³-hybridized carbons (Fsp3) is 0. The highest BCUT2D eigenvalue weighted by Crippen LogP contribution is 2.25. The third kappa shape index (κ3) is 2.75. The highest BCUT2D eigenvalue weighted by Gasteiger charge is 2.08. The number of hydrogen-bond donors (Lipinski definition) is 1. The number of nitro groups is 1. The lowest BCUT2D eigenvalue weighted by atomic mass is 10.3. The molecule has 3 rings (SSSR count). The van der Waals surface area contributed by atoms with Gasteiger partial charge in [0.2, 0.25) is 0 Å². The van der Waals surface area contributed by atoms with Gasteiger partial charge in [0.25, 0.3) is 5.69 Å². The number of benzene rings is 2. The lowest BCUT2D eigenvalue weighted by molar-refractivity contribution is -0.384. The molecule has 1 N–H and O–H groups in total. The van der Waals surface area contributed by atoms with E-state index in [1.54, 1.807) is 12.1 Å². The summed E-state index contributed by atoms with van der Waals surface area (Å²) in [4.78, 5) is 18.8. The van der Waals surface area contributed by atoms with E-state index in [9.17, 15) is 10.1 Å². The van der Waals surface area contributed by atoms with Gasteiger partial charge in [0.05, 0.1) is 16.0 Å². The van der Waals surface area contributed by atoms with Gasteiger partial charge in [0.1, 0.15) is 0 Å². The van der Waals surface area contributed by atoms with Crippen molar-refractivity contribution in [3.8, 4) is 0 Å². The van der Waals surface area contributed by atoms with Crippen LogP contribution in [0.5, 0.6) is 0 Å². The summed E-state index contributed by atoms with van der Waals surface area (Å²) in [6.07, 6.45) is 0. The molecule has 0 aliphatic rings. The molecule has 0 amide bonds. The van der Waals surface area contributed by atoms with Crippen LogP contribution in [0.1, 0.15) is 0 Å². The van der Waals surface area contributed by atoms with Crippen molar-refractivity contribution in [2.24, 2.45) is 0 Å². The molecule has 6 nitrogen and oxygen atoms in total. The number of rotatable bonds is 3. The van der Waals surface area contributed by atoms with Crippen LogP contribution in [0.3, 0.4) is 0 Å². The molecule has 104 valence electrons. The van der Waals surface area contributed by atoms with E-state index in [1.807, 2.05) is 24.3 Å². The predicted octanol–water partition coefficient (Wildman–Crippen LogP) is 3.94. The van der Waals surface area contributed by atoms with E-state index in [0.717, 1.165) is 0 Å². The first kappa shape index (κ1) is 13.3. The maximum atomic E-state index is 10.6. The van der Waals surface area contributed by atoms with Gasteiger partial charge in [-0.25, -0.2) is 9.97 Å². The van der Waals surface area contributed by atoms with Crippen LogP contribution in [0.2, 0.25) is 5.15 Å². The van der Waals surface area contributed by atoms with Crippen molar-refractivity contribution in [1.82, 2.24) is 9.97 Å². The quantitative estimate of drug-likeness (QED) is 0.585. The molecular weight excluding hydrogens is 292 g/mol. The molecule has 0 aliphatic heterocycles. The maximum absolute atomic E-state index is 10.6. The summed E-state index contributed by atoms with van der Waals surface area (Å²) < 4.78 is 0. The van der Waals surface area contributed by atoms with Crippen molar-refractivity contribution in [3.63, 3.8) is 0 Å². The summed E-state index contributed by atoms with van der Waals surface area (Å²) in [7, 11) is 0. The Hall–Kier alpha value is -2.73. The molecule has 0 unspecified atom stereocenters. The number of nitro benzene ring substituents is 1. The minimum atomic E-state index is -0.452. The van der Waals surface area contributed by atoms with Crippen molar-refractivity contribution in [3.05, 3.63) is 63.8 Å². The van der Waals surface area contributed by atoms with E-state index in [4.69, 9.17) is 11.6 Å². The summed E-state index contributed by atoms with van der Waals surface area (Å²) in [6, 6.07) is 13.4. The molecule has 0 spiro atoms. The standard InChI is InChI=1S/C14H9ClN4O2/c15-13-14(18-12-4-2-1-3-11(12)17-13)16-9-5-7-10(8-6-9)19(20)21/h1-8H,(H,16,18). The van der Waals surface area contributed by atoms with E-state index in [-0.39, 0.29) is 10.8 Å². The Kier molecular flexibility index (Phi) is 3.37. The van der Waals surface area contributed by atoms with E-state index in [2.05, 4.69) is 15.3 Å². The topological polar surface area (TPSA) is 81.0 Å². The van der Waals surface area contributed by atoms with Crippen LogP contribution in [0, 0.1) is 10.1 Å². The molecule has 0 fully saturated rings. The van der Waals surface area contributed by atoms with Gasteiger partial charge in [-0.15, -0.1) is 0 Å². The molecule has 21 heavy (non-hydrogen) atoms. The lowest BCUT2D eigenvalue weighted by Crippen LogP contribution is -1.97. The van der Waals surface area contributed by atoms with Crippen molar-refractivity contribution >= 4 is 39.8 Å². The zero-order valence-electron chi connectivity index (χ0n) is 10.7. The molecule has 7 heteroatoms. The van der Waals surface area contributed by atoms with Gasteiger partial charge < -0.3 is 5.32 Å². The number of para-hydroxylation sites is 2. The van der Waals surface area contributed by atoms with Gasteiger partial charge in [-0.3, -0.25) is 10.1 Å². The molecule has 0 aliphatic carbocycles. The second kappa shape index (κ2) is 5.34.